The first-order chi connectivity index (χ1) is 5.83. The maximum atomic E-state index is 5.43. The molecule has 0 aromatic carbocycles. The Morgan fingerprint density at radius 2 is 2.58 bits per heavy atom. The molecule has 0 aliphatic carbocycles. The summed E-state index contributed by atoms with van der Waals surface area (Å²) in [5.41, 5.74) is 5.43. The van der Waals surface area contributed by atoms with Gasteiger partial charge in [0.05, 0.1) is 0 Å². The monoisotopic (exact) mass is 186 g/mol. The molecule has 0 spiro atoms. The van der Waals surface area contributed by atoms with Gasteiger partial charge in [-0.05, 0) is 18.9 Å². The van der Waals surface area contributed by atoms with Crippen LogP contribution in [0.1, 0.15) is 13.3 Å². The quantitative estimate of drug-likeness (QED) is 0.718. The molecule has 1 aromatic rings. The molecule has 0 amide bonds. The second-order valence-electron chi connectivity index (χ2n) is 2.81. The summed E-state index contributed by atoms with van der Waals surface area (Å²) in [5, 5.41) is 4.09. The van der Waals surface area contributed by atoms with Gasteiger partial charge in [0.2, 0.25) is 5.13 Å². The van der Waals surface area contributed by atoms with Crippen LogP contribution in [0, 0.1) is 5.92 Å². The van der Waals surface area contributed by atoms with Crippen LogP contribution in [0.2, 0.25) is 0 Å². The highest BCUT2D eigenvalue weighted by Gasteiger charge is 2.01. The van der Waals surface area contributed by atoms with Crippen molar-refractivity contribution in [3.05, 3.63) is 6.33 Å². The fourth-order valence-corrected chi connectivity index (χ4v) is 1.34. The van der Waals surface area contributed by atoms with E-state index in [1.54, 1.807) is 6.33 Å². The summed E-state index contributed by atoms with van der Waals surface area (Å²) >= 11 is 1.38. The number of nitrogens with two attached hydrogens (primary N) is 1. The van der Waals surface area contributed by atoms with Crippen molar-refractivity contribution in [1.29, 1.82) is 0 Å². The third-order valence-electron chi connectivity index (χ3n) is 1.62. The lowest BCUT2D eigenvalue weighted by Gasteiger charge is -2.09. The molecule has 4 nitrogen and oxygen atoms in total. The Bertz CT molecular complexity index is 199. The van der Waals surface area contributed by atoms with Crippen molar-refractivity contribution >= 4 is 16.7 Å². The van der Waals surface area contributed by atoms with E-state index >= 15 is 0 Å². The first kappa shape index (κ1) is 9.41. The minimum Gasteiger partial charge on any atom is -0.360 e. The van der Waals surface area contributed by atoms with Gasteiger partial charge in [-0.2, -0.15) is 4.37 Å². The van der Waals surface area contributed by atoms with Gasteiger partial charge in [-0.15, -0.1) is 0 Å². The van der Waals surface area contributed by atoms with E-state index in [1.807, 2.05) is 0 Å². The van der Waals surface area contributed by atoms with E-state index in [-0.39, 0.29) is 0 Å². The first-order valence-electron chi connectivity index (χ1n) is 4.03. The SMILES string of the molecule is CC(CCN)CNc1ncns1. The molecule has 5 heteroatoms. The maximum Gasteiger partial charge on any atom is 0.202 e. The maximum absolute atomic E-state index is 5.43. The second kappa shape index (κ2) is 5.05. The summed E-state index contributed by atoms with van der Waals surface area (Å²) in [5.74, 6) is 0.596. The van der Waals surface area contributed by atoms with Gasteiger partial charge >= 0.3 is 0 Å². The predicted molar refractivity (Wildman–Crippen MR) is 51.2 cm³/mol. The molecule has 68 valence electrons. The van der Waals surface area contributed by atoms with Crippen molar-refractivity contribution in [2.75, 3.05) is 18.4 Å². The predicted octanol–water partition coefficient (Wildman–Crippen LogP) is 0.935. The van der Waals surface area contributed by atoms with Crippen molar-refractivity contribution in [2.45, 2.75) is 13.3 Å². The van der Waals surface area contributed by atoms with E-state index in [4.69, 9.17) is 5.73 Å². The van der Waals surface area contributed by atoms with Crippen LogP contribution in [0.15, 0.2) is 6.33 Å². The van der Waals surface area contributed by atoms with Crippen molar-refractivity contribution in [1.82, 2.24) is 9.36 Å². The molecule has 1 heterocycles. The summed E-state index contributed by atoms with van der Waals surface area (Å²) < 4.78 is 3.89. The van der Waals surface area contributed by atoms with Crippen molar-refractivity contribution in [2.24, 2.45) is 11.7 Å². The molecular formula is C7H14N4S. The lowest BCUT2D eigenvalue weighted by molar-refractivity contribution is 0.568. The Kier molecular flexibility index (Phi) is 3.96. The Morgan fingerprint density at radius 1 is 1.75 bits per heavy atom. The average Bonchev–Trinajstić information content (AvgIpc) is 2.53. The van der Waals surface area contributed by atoms with Gasteiger partial charge in [0.15, 0.2) is 0 Å². The molecular weight excluding hydrogens is 172 g/mol. The largest absolute Gasteiger partial charge is 0.360 e. The minimum absolute atomic E-state index is 0.596. The smallest absolute Gasteiger partial charge is 0.202 e. The topological polar surface area (TPSA) is 63.8 Å². The molecule has 1 atom stereocenters. The Morgan fingerprint density at radius 3 is 3.17 bits per heavy atom. The number of aromatic nitrogens is 2. The van der Waals surface area contributed by atoms with Gasteiger partial charge in [0.25, 0.3) is 0 Å². The average molecular weight is 186 g/mol. The second-order valence-corrected chi connectivity index (χ2v) is 3.59. The highest BCUT2D eigenvalue weighted by Crippen LogP contribution is 2.08. The van der Waals surface area contributed by atoms with Crippen molar-refractivity contribution in [3.63, 3.8) is 0 Å². The molecule has 0 saturated heterocycles. The molecule has 12 heavy (non-hydrogen) atoms. The number of anilines is 1. The first-order valence-corrected chi connectivity index (χ1v) is 4.81. The van der Waals surface area contributed by atoms with Gasteiger partial charge < -0.3 is 11.1 Å². The Hall–Kier alpha value is -0.680. The lowest BCUT2D eigenvalue weighted by Crippen LogP contribution is -2.14. The Balaban J connectivity index is 2.17. The number of nitrogens with zero attached hydrogens (tertiary/aromatic N) is 2. The molecule has 0 radical (unpaired) electrons. The van der Waals surface area contributed by atoms with Gasteiger partial charge in [-0.25, -0.2) is 4.98 Å². The molecule has 3 N–H and O–H groups in total. The van der Waals surface area contributed by atoms with Crippen molar-refractivity contribution < 1.29 is 0 Å². The molecule has 0 bridgehead atoms. The highest BCUT2D eigenvalue weighted by molar-refractivity contribution is 7.09. The van der Waals surface area contributed by atoms with Gasteiger partial charge in [0, 0.05) is 18.1 Å². The molecule has 1 rings (SSSR count). The van der Waals surface area contributed by atoms with Crippen LogP contribution in [0.25, 0.3) is 0 Å². The summed E-state index contributed by atoms with van der Waals surface area (Å²) in [6, 6.07) is 0. The van der Waals surface area contributed by atoms with E-state index in [2.05, 4.69) is 21.6 Å². The van der Waals surface area contributed by atoms with E-state index in [0.717, 1.165) is 24.6 Å². The van der Waals surface area contributed by atoms with E-state index in [9.17, 15) is 0 Å². The van der Waals surface area contributed by atoms with Gasteiger partial charge in [-0.1, -0.05) is 6.92 Å². The van der Waals surface area contributed by atoms with Gasteiger partial charge in [0.1, 0.15) is 6.33 Å². The van der Waals surface area contributed by atoms with E-state index in [1.165, 1.54) is 11.5 Å². The standard InChI is InChI=1S/C7H14N4S/c1-6(2-3-8)4-9-7-10-5-11-12-7/h5-6H,2-4,8H2,1H3,(H,9,10,11). The zero-order chi connectivity index (χ0) is 8.81. The third kappa shape index (κ3) is 3.15. The van der Waals surface area contributed by atoms with Crippen LogP contribution in [-0.4, -0.2) is 22.4 Å². The number of hydrogen-bond donors (Lipinski definition) is 2. The number of rotatable bonds is 5. The van der Waals surface area contributed by atoms with Crippen LogP contribution in [0.4, 0.5) is 5.13 Å². The van der Waals surface area contributed by atoms with Crippen LogP contribution < -0.4 is 11.1 Å². The summed E-state index contributed by atoms with van der Waals surface area (Å²) in [7, 11) is 0. The van der Waals surface area contributed by atoms with Gasteiger partial charge in [-0.3, -0.25) is 0 Å². The summed E-state index contributed by atoms with van der Waals surface area (Å²) in [6.07, 6.45) is 2.60. The molecule has 0 saturated carbocycles. The zero-order valence-electron chi connectivity index (χ0n) is 7.16. The van der Waals surface area contributed by atoms with E-state index < -0.39 is 0 Å². The van der Waals surface area contributed by atoms with E-state index in [0.29, 0.717) is 5.92 Å². The number of nitrogens with one attached hydrogen (secondary N) is 1. The number of hydrogen-bond acceptors (Lipinski definition) is 5. The molecule has 1 aromatic heterocycles. The summed E-state index contributed by atoms with van der Waals surface area (Å²) in [4.78, 5) is 4.01. The fourth-order valence-electron chi connectivity index (χ4n) is 0.899. The highest BCUT2D eigenvalue weighted by atomic mass is 32.1. The lowest BCUT2D eigenvalue weighted by atomic mass is 10.1. The molecule has 0 fully saturated rings. The fraction of sp³-hybridized carbons (Fsp3) is 0.714. The molecule has 0 aliphatic heterocycles. The Labute approximate surface area is 76.4 Å². The van der Waals surface area contributed by atoms with Crippen LogP contribution in [0.5, 0.6) is 0 Å². The third-order valence-corrected chi connectivity index (χ3v) is 2.24. The molecule has 1 unspecified atom stereocenters. The minimum atomic E-state index is 0.596. The summed E-state index contributed by atoms with van der Waals surface area (Å²) in [6.45, 7) is 3.84. The zero-order valence-corrected chi connectivity index (χ0v) is 7.97. The normalized spacial score (nSPS) is 12.8. The van der Waals surface area contributed by atoms with Crippen LogP contribution in [0.3, 0.4) is 0 Å². The molecule has 0 aliphatic rings. The van der Waals surface area contributed by atoms with Crippen LogP contribution >= 0.6 is 11.5 Å². The van der Waals surface area contributed by atoms with Crippen molar-refractivity contribution in [3.8, 4) is 0 Å². The van der Waals surface area contributed by atoms with Crippen LogP contribution in [-0.2, 0) is 0 Å².